The fourth-order valence-electron chi connectivity index (χ4n) is 5.02. The number of anilines is 1. The second-order valence-corrected chi connectivity index (χ2v) is 9.48. The summed E-state index contributed by atoms with van der Waals surface area (Å²) in [5.41, 5.74) is 5.76. The second kappa shape index (κ2) is 9.82. The summed E-state index contributed by atoms with van der Waals surface area (Å²) < 4.78 is 6.03. The lowest BCUT2D eigenvalue weighted by atomic mass is 9.97. The van der Waals surface area contributed by atoms with Crippen molar-refractivity contribution in [1.29, 1.82) is 0 Å². The summed E-state index contributed by atoms with van der Waals surface area (Å²) in [6, 6.07) is 15.7. The zero-order chi connectivity index (χ0) is 24.4. The molecule has 2 aromatic heterocycles. The third-order valence-electron chi connectivity index (χ3n) is 6.81. The van der Waals surface area contributed by atoms with Crippen molar-refractivity contribution in [3.8, 4) is 0 Å². The number of furan rings is 1. The highest BCUT2D eigenvalue weighted by atomic mass is 16.3. The minimum atomic E-state index is -0.385. The molecule has 1 amide bonds. The molecule has 1 unspecified atom stereocenters. The number of aryl methyl sites for hydroxylation is 2. The minimum absolute atomic E-state index is 0.0873. The second-order valence-electron chi connectivity index (χ2n) is 9.48. The van der Waals surface area contributed by atoms with Gasteiger partial charge in [0.15, 0.2) is 6.29 Å². The van der Waals surface area contributed by atoms with Gasteiger partial charge in [0, 0.05) is 47.0 Å². The molecule has 3 heterocycles. The average Bonchev–Trinajstić information content (AvgIpc) is 3.48. The maximum absolute atomic E-state index is 13.3. The number of aromatic amines is 1. The van der Waals surface area contributed by atoms with Crippen molar-refractivity contribution in [3.05, 3.63) is 88.5 Å². The zero-order valence-electron chi connectivity index (χ0n) is 20.3. The summed E-state index contributed by atoms with van der Waals surface area (Å²) in [6.45, 7) is 6.07. The molecule has 0 saturated carbocycles. The van der Waals surface area contributed by atoms with E-state index in [0.717, 1.165) is 52.9 Å². The monoisotopic (exact) mass is 469 g/mol. The van der Waals surface area contributed by atoms with Crippen LogP contribution in [-0.4, -0.2) is 30.3 Å². The first-order valence-electron chi connectivity index (χ1n) is 12.3. The highest BCUT2D eigenvalue weighted by Gasteiger charge is 2.26. The van der Waals surface area contributed by atoms with Gasteiger partial charge in [-0.15, -0.1) is 0 Å². The van der Waals surface area contributed by atoms with E-state index in [9.17, 15) is 9.59 Å². The molecule has 2 N–H and O–H groups in total. The fourth-order valence-corrected chi connectivity index (χ4v) is 5.02. The number of H-pyrrole nitrogens is 1. The van der Waals surface area contributed by atoms with Crippen LogP contribution in [0.3, 0.4) is 0 Å². The topological polar surface area (TPSA) is 78.3 Å². The van der Waals surface area contributed by atoms with Crippen molar-refractivity contribution in [2.45, 2.75) is 45.6 Å². The molecular weight excluding hydrogens is 438 g/mol. The summed E-state index contributed by atoms with van der Waals surface area (Å²) in [5, 5.41) is 4.11. The quantitative estimate of drug-likeness (QED) is 0.344. The van der Waals surface area contributed by atoms with Crippen LogP contribution in [-0.2, 0) is 11.2 Å². The summed E-state index contributed by atoms with van der Waals surface area (Å²) >= 11 is 0. The molecule has 0 radical (unpaired) electrons. The number of nitrogens with one attached hydrogen (secondary N) is 2. The van der Waals surface area contributed by atoms with Crippen LogP contribution >= 0.6 is 0 Å². The number of benzene rings is 2. The summed E-state index contributed by atoms with van der Waals surface area (Å²) in [7, 11) is 0. The van der Waals surface area contributed by atoms with E-state index in [-0.39, 0.29) is 18.4 Å². The largest absolute Gasteiger partial charge is 0.464 e. The van der Waals surface area contributed by atoms with Gasteiger partial charge < -0.3 is 19.6 Å². The van der Waals surface area contributed by atoms with Crippen molar-refractivity contribution < 1.29 is 14.0 Å². The molecule has 1 saturated heterocycles. The Labute approximate surface area is 205 Å². The summed E-state index contributed by atoms with van der Waals surface area (Å²) in [4.78, 5) is 30.0. The number of fused-ring (bicyclic) bond motifs is 1. The van der Waals surface area contributed by atoms with E-state index in [1.54, 1.807) is 6.20 Å². The van der Waals surface area contributed by atoms with Gasteiger partial charge in [0.1, 0.15) is 17.6 Å². The number of hydrogen-bond donors (Lipinski definition) is 2. The van der Waals surface area contributed by atoms with Gasteiger partial charge in [-0.3, -0.25) is 9.59 Å². The normalized spacial score (nSPS) is 14.7. The van der Waals surface area contributed by atoms with E-state index in [0.29, 0.717) is 5.56 Å². The minimum Gasteiger partial charge on any atom is -0.464 e. The van der Waals surface area contributed by atoms with Crippen LogP contribution in [0.25, 0.3) is 10.9 Å². The van der Waals surface area contributed by atoms with Crippen LogP contribution in [0.2, 0.25) is 0 Å². The molecule has 1 atom stereocenters. The average molecular weight is 470 g/mol. The van der Waals surface area contributed by atoms with Crippen molar-refractivity contribution >= 4 is 28.8 Å². The van der Waals surface area contributed by atoms with E-state index in [1.807, 2.05) is 37.3 Å². The van der Waals surface area contributed by atoms with E-state index in [2.05, 4.69) is 40.3 Å². The molecular formula is C29H31N3O3. The molecule has 6 nitrogen and oxygen atoms in total. The number of amides is 1. The predicted octanol–water partition coefficient (Wildman–Crippen LogP) is 5.63. The lowest BCUT2D eigenvalue weighted by Gasteiger charge is -2.32. The molecule has 180 valence electrons. The standard InChI is InChI=1S/C29H31N3O3/c1-19-6-9-24(26(14-19)32-12-4-3-5-13-32)29(27-11-7-20(2)35-27)31-28(34)16-21-8-10-23-22(18-33)17-30-25(23)15-21/h6-11,14-15,17-18,29-30H,3-5,12-13,16H2,1-2H3,(H,31,34). The molecule has 1 aliphatic heterocycles. The molecule has 1 fully saturated rings. The number of carbonyl (C=O) groups is 2. The Morgan fingerprint density at radius 2 is 1.91 bits per heavy atom. The molecule has 0 spiro atoms. The number of rotatable bonds is 7. The molecule has 2 aromatic carbocycles. The van der Waals surface area contributed by atoms with Crippen molar-refractivity contribution in [2.24, 2.45) is 0 Å². The van der Waals surface area contributed by atoms with Gasteiger partial charge in [0.25, 0.3) is 0 Å². The van der Waals surface area contributed by atoms with Gasteiger partial charge in [-0.2, -0.15) is 0 Å². The predicted molar refractivity (Wildman–Crippen MR) is 138 cm³/mol. The van der Waals surface area contributed by atoms with Crippen LogP contribution in [0.1, 0.15) is 63.9 Å². The Morgan fingerprint density at radius 1 is 1.09 bits per heavy atom. The van der Waals surface area contributed by atoms with Gasteiger partial charge in [-0.05, 0) is 68.5 Å². The SMILES string of the molecule is Cc1ccc(C(NC(=O)Cc2ccc3c(C=O)c[nH]c3c2)c2ccc(C)o2)c(N2CCCCC2)c1. The first kappa shape index (κ1) is 23.0. The molecule has 35 heavy (non-hydrogen) atoms. The zero-order valence-corrected chi connectivity index (χ0v) is 20.3. The molecule has 6 heteroatoms. The number of aldehydes is 1. The maximum Gasteiger partial charge on any atom is 0.225 e. The Hall–Kier alpha value is -3.80. The van der Waals surface area contributed by atoms with Crippen molar-refractivity contribution in [3.63, 3.8) is 0 Å². The highest BCUT2D eigenvalue weighted by molar-refractivity contribution is 5.97. The summed E-state index contributed by atoms with van der Waals surface area (Å²) in [6.07, 6.45) is 6.37. The van der Waals surface area contributed by atoms with Crippen LogP contribution in [0.15, 0.2) is 59.1 Å². The Bertz CT molecular complexity index is 1360. The third-order valence-corrected chi connectivity index (χ3v) is 6.81. The van der Waals surface area contributed by atoms with E-state index < -0.39 is 0 Å². The van der Waals surface area contributed by atoms with E-state index in [1.165, 1.54) is 30.5 Å². The van der Waals surface area contributed by atoms with Gasteiger partial charge in [0.2, 0.25) is 5.91 Å². The molecule has 0 aliphatic carbocycles. The molecule has 4 aromatic rings. The first-order valence-corrected chi connectivity index (χ1v) is 12.3. The van der Waals surface area contributed by atoms with Gasteiger partial charge in [-0.1, -0.05) is 24.3 Å². The van der Waals surface area contributed by atoms with Crippen LogP contribution in [0.4, 0.5) is 5.69 Å². The number of nitrogens with zero attached hydrogens (tertiary/aromatic N) is 1. The van der Waals surface area contributed by atoms with Crippen LogP contribution in [0.5, 0.6) is 0 Å². The number of hydrogen-bond acceptors (Lipinski definition) is 4. The maximum atomic E-state index is 13.3. The Kier molecular flexibility index (Phi) is 6.45. The van der Waals surface area contributed by atoms with E-state index in [4.69, 9.17) is 4.42 Å². The Balaban J connectivity index is 1.44. The molecule has 1 aliphatic rings. The third kappa shape index (κ3) is 4.87. The van der Waals surface area contributed by atoms with Crippen LogP contribution in [0, 0.1) is 13.8 Å². The summed E-state index contributed by atoms with van der Waals surface area (Å²) in [5.74, 6) is 1.46. The van der Waals surface area contributed by atoms with Crippen molar-refractivity contribution in [1.82, 2.24) is 10.3 Å². The van der Waals surface area contributed by atoms with Crippen LogP contribution < -0.4 is 10.2 Å². The molecule has 0 bridgehead atoms. The Morgan fingerprint density at radius 3 is 2.66 bits per heavy atom. The number of carbonyl (C=O) groups excluding carboxylic acids is 2. The van der Waals surface area contributed by atoms with Gasteiger partial charge >= 0.3 is 0 Å². The van der Waals surface area contributed by atoms with E-state index >= 15 is 0 Å². The van der Waals surface area contributed by atoms with Gasteiger partial charge in [-0.25, -0.2) is 0 Å². The number of piperidine rings is 1. The highest BCUT2D eigenvalue weighted by Crippen LogP contribution is 2.34. The van der Waals surface area contributed by atoms with Gasteiger partial charge in [0.05, 0.1) is 6.42 Å². The molecule has 5 rings (SSSR count). The first-order chi connectivity index (χ1) is 17.0. The fraction of sp³-hybridized carbons (Fsp3) is 0.310. The smallest absolute Gasteiger partial charge is 0.225 e. The van der Waals surface area contributed by atoms with Crippen molar-refractivity contribution in [2.75, 3.05) is 18.0 Å². The lowest BCUT2D eigenvalue weighted by Crippen LogP contribution is -2.34. The number of aromatic nitrogens is 1. The lowest BCUT2D eigenvalue weighted by molar-refractivity contribution is -0.121.